The number of likely N-dealkylation sites (tertiary alicyclic amines) is 1. The lowest BCUT2D eigenvalue weighted by Crippen LogP contribution is -2.38. The van der Waals surface area contributed by atoms with Gasteiger partial charge in [-0.1, -0.05) is 6.92 Å². The highest BCUT2D eigenvalue weighted by atomic mass is 16.2. The van der Waals surface area contributed by atoms with Crippen LogP contribution in [0.15, 0.2) is 12.4 Å². The lowest BCUT2D eigenvalue weighted by Gasteiger charge is -2.25. The lowest BCUT2D eigenvalue weighted by molar-refractivity contribution is -0.132. The molecule has 2 rings (SSSR count). The van der Waals surface area contributed by atoms with Crippen molar-refractivity contribution >= 4 is 5.91 Å². The summed E-state index contributed by atoms with van der Waals surface area (Å²) in [6.07, 6.45) is 5.73. The Bertz CT molecular complexity index is 443. The normalized spacial score (nSPS) is 19.4. The van der Waals surface area contributed by atoms with Gasteiger partial charge in [0.15, 0.2) is 0 Å². The van der Waals surface area contributed by atoms with Gasteiger partial charge in [0.1, 0.15) is 12.4 Å². The maximum Gasteiger partial charge on any atom is 0.242 e. The molecule has 0 aromatic carbocycles. The number of nitrogens with zero attached hydrogens (tertiary/aromatic N) is 4. The third-order valence-corrected chi connectivity index (χ3v) is 4.13. The fourth-order valence-corrected chi connectivity index (χ4v) is 2.94. The van der Waals surface area contributed by atoms with Crippen molar-refractivity contribution in [3.05, 3.63) is 18.2 Å². The van der Waals surface area contributed by atoms with Crippen molar-refractivity contribution in [1.29, 1.82) is 0 Å². The first kappa shape index (κ1) is 15.0. The van der Waals surface area contributed by atoms with Crippen molar-refractivity contribution < 1.29 is 4.79 Å². The van der Waals surface area contributed by atoms with Crippen LogP contribution in [0.3, 0.4) is 0 Å². The van der Waals surface area contributed by atoms with Gasteiger partial charge in [0.25, 0.3) is 0 Å². The maximum atomic E-state index is 12.4. The summed E-state index contributed by atoms with van der Waals surface area (Å²) in [6.45, 7) is 8.47. The second kappa shape index (κ2) is 6.88. The summed E-state index contributed by atoms with van der Waals surface area (Å²) >= 11 is 0. The minimum atomic E-state index is 0.203. The van der Waals surface area contributed by atoms with E-state index in [-0.39, 0.29) is 5.91 Å². The minimum absolute atomic E-state index is 0.203. The van der Waals surface area contributed by atoms with E-state index in [1.807, 2.05) is 15.7 Å². The molecular formula is C15H26N4O. The molecule has 1 fully saturated rings. The van der Waals surface area contributed by atoms with Crippen molar-refractivity contribution in [2.45, 2.75) is 33.2 Å². The molecule has 0 radical (unpaired) electrons. The molecule has 1 aliphatic heterocycles. The average Bonchev–Trinajstić information content (AvgIpc) is 3.04. The van der Waals surface area contributed by atoms with Gasteiger partial charge in [-0.05, 0) is 32.9 Å². The second-order valence-electron chi connectivity index (χ2n) is 5.67. The van der Waals surface area contributed by atoms with Crippen LogP contribution in [0, 0.1) is 5.92 Å². The number of aromatic nitrogens is 2. The Kier molecular flexibility index (Phi) is 5.17. The van der Waals surface area contributed by atoms with Crippen LogP contribution in [-0.4, -0.2) is 58.5 Å². The van der Waals surface area contributed by atoms with Gasteiger partial charge < -0.3 is 14.4 Å². The quantitative estimate of drug-likeness (QED) is 0.786. The average molecular weight is 278 g/mol. The van der Waals surface area contributed by atoms with E-state index < -0.39 is 0 Å². The predicted molar refractivity (Wildman–Crippen MR) is 79.5 cm³/mol. The van der Waals surface area contributed by atoms with E-state index in [9.17, 15) is 4.79 Å². The predicted octanol–water partition coefficient (Wildman–Crippen LogP) is 1.25. The Labute approximate surface area is 121 Å². The van der Waals surface area contributed by atoms with Gasteiger partial charge in [-0.25, -0.2) is 4.98 Å². The monoisotopic (exact) mass is 278 g/mol. The molecule has 0 bridgehead atoms. The molecule has 1 aliphatic rings. The zero-order chi connectivity index (χ0) is 14.5. The fraction of sp³-hybridized carbons (Fsp3) is 0.733. The molecule has 0 spiro atoms. The van der Waals surface area contributed by atoms with Gasteiger partial charge in [0.2, 0.25) is 5.91 Å². The molecule has 112 valence electrons. The minimum Gasteiger partial charge on any atom is -0.341 e. The molecule has 0 unspecified atom stereocenters. The number of carbonyl (C=O) groups excluding carboxylic acids is 1. The van der Waals surface area contributed by atoms with Crippen LogP contribution in [0.25, 0.3) is 0 Å². The molecule has 1 aromatic rings. The molecule has 0 aliphatic carbocycles. The summed E-state index contributed by atoms with van der Waals surface area (Å²) in [4.78, 5) is 21.0. The highest BCUT2D eigenvalue weighted by Crippen LogP contribution is 2.16. The second-order valence-corrected chi connectivity index (χ2v) is 5.67. The van der Waals surface area contributed by atoms with E-state index in [1.165, 1.54) is 6.42 Å². The largest absolute Gasteiger partial charge is 0.341 e. The third kappa shape index (κ3) is 3.60. The first-order valence-electron chi connectivity index (χ1n) is 7.60. The number of hydrogen-bond donors (Lipinski definition) is 0. The van der Waals surface area contributed by atoms with E-state index >= 15 is 0 Å². The van der Waals surface area contributed by atoms with Crippen molar-refractivity contribution in [3.8, 4) is 0 Å². The molecular weight excluding hydrogens is 252 g/mol. The van der Waals surface area contributed by atoms with Gasteiger partial charge in [-0.2, -0.15) is 0 Å². The van der Waals surface area contributed by atoms with Crippen molar-refractivity contribution in [1.82, 2.24) is 19.4 Å². The van der Waals surface area contributed by atoms with E-state index in [0.29, 0.717) is 12.5 Å². The van der Waals surface area contributed by atoms with Crippen LogP contribution in [0.2, 0.25) is 0 Å². The SMILES string of the molecule is CCc1nccn1CC(=O)N(CC)C[C@H]1CCN(C)C1. The molecule has 1 aromatic heterocycles. The Morgan fingerprint density at radius 3 is 2.90 bits per heavy atom. The Morgan fingerprint density at radius 2 is 2.30 bits per heavy atom. The lowest BCUT2D eigenvalue weighted by atomic mass is 10.1. The summed E-state index contributed by atoms with van der Waals surface area (Å²) in [5, 5.41) is 0. The summed E-state index contributed by atoms with van der Waals surface area (Å²) in [5.41, 5.74) is 0. The van der Waals surface area contributed by atoms with E-state index in [4.69, 9.17) is 0 Å². The molecule has 1 amide bonds. The topological polar surface area (TPSA) is 41.4 Å². The standard InChI is InChI=1S/C15H26N4O/c1-4-14-16-7-9-19(14)12-15(20)18(5-2)11-13-6-8-17(3)10-13/h7,9,13H,4-6,8,10-12H2,1-3H3/t13-/m0/s1. The van der Waals surface area contributed by atoms with E-state index in [2.05, 4.69) is 30.8 Å². The van der Waals surface area contributed by atoms with Crippen molar-refractivity contribution in [2.24, 2.45) is 5.92 Å². The molecule has 20 heavy (non-hydrogen) atoms. The third-order valence-electron chi connectivity index (χ3n) is 4.13. The number of imidazole rings is 1. The fourth-order valence-electron chi connectivity index (χ4n) is 2.94. The Hall–Kier alpha value is -1.36. The molecule has 2 heterocycles. The van der Waals surface area contributed by atoms with Gasteiger partial charge in [-0.15, -0.1) is 0 Å². The maximum absolute atomic E-state index is 12.4. The van der Waals surface area contributed by atoms with Crippen LogP contribution in [0.1, 0.15) is 26.1 Å². The summed E-state index contributed by atoms with van der Waals surface area (Å²) < 4.78 is 1.96. The highest BCUT2D eigenvalue weighted by molar-refractivity contribution is 5.76. The Balaban J connectivity index is 1.92. The number of rotatable bonds is 6. The number of amides is 1. The number of aryl methyl sites for hydroxylation is 1. The first-order chi connectivity index (χ1) is 9.63. The Morgan fingerprint density at radius 1 is 1.50 bits per heavy atom. The van der Waals surface area contributed by atoms with Gasteiger partial charge in [-0.3, -0.25) is 4.79 Å². The van der Waals surface area contributed by atoms with Gasteiger partial charge in [0.05, 0.1) is 0 Å². The first-order valence-corrected chi connectivity index (χ1v) is 7.60. The highest BCUT2D eigenvalue weighted by Gasteiger charge is 2.23. The smallest absolute Gasteiger partial charge is 0.242 e. The zero-order valence-electron chi connectivity index (χ0n) is 12.9. The molecule has 0 saturated carbocycles. The van der Waals surface area contributed by atoms with E-state index in [1.54, 1.807) is 6.20 Å². The van der Waals surface area contributed by atoms with Crippen LogP contribution in [0.5, 0.6) is 0 Å². The molecule has 5 nitrogen and oxygen atoms in total. The molecule has 0 N–H and O–H groups in total. The zero-order valence-corrected chi connectivity index (χ0v) is 12.9. The molecule has 5 heteroatoms. The number of likely N-dealkylation sites (N-methyl/N-ethyl adjacent to an activating group) is 1. The van der Waals surface area contributed by atoms with E-state index in [0.717, 1.165) is 38.4 Å². The molecule has 1 saturated heterocycles. The summed E-state index contributed by atoms with van der Waals surface area (Å²) in [6, 6.07) is 0. The molecule has 1 atom stereocenters. The van der Waals surface area contributed by atoms with Crippen LogP contribution in [0.4, 0.5) is 0 Å². The summed E-state index contributed by atoms with van der Waals surface area (Å²) in [7, 11) is 2.15. The van der Waals surface area contributed by atoms with Crippen LogP contribution < -0.4 is 0 Å². The number of carbonyl (C=O) groups is 1. The van der Waals surface area contributed by atoms with Gasteiger partial charge in [0, 0.05) is 38.4 Å². The van der Waals surface area contributed by atoms with Crippen molar-refractivity contribution in [3.63, 3.8) is 0 Å². The summed E-state index contributed by atoms with van der Waals surface area (Å²) in [5.74, 6) is 1.81. The van der Waals surface area contributed by atoms with Gasteiger partial charge >= 0.3 is 0 Å². The number of hydrogen-bond acceptors (Lipinski definition) is 3. The van der Waals surface area contributed by atoms with Crippen molar-refractivity contribution in [2.75, 3.05) is 33.2 Å². The van der Waals surface area contributed by atoms with Crippen LogP contribution >= 0.6 is 0 Å². The van der Waals surface area contributed by atoms with Crippen LogP contribution in [-0.2, 0) is 17.8 Å².